The van der Waals surface area contributed by atoms with Crippen LogP contribution < -0.4 is 5.32 Å². The molecule has 0 radical (unpaired) electrons. The molecule has 0 spiro atoms. The molecule has 9 heteroatoms. The summed E-state index contributed by atoms with van der Waals surface area (Å²) in [5, 5.41) is 14.2. The first kappa shape index (κ1) is 18.7. The number of H-pyrrole nitrogens is 1. The lowest BCUT2D eigenvalue weighted by Gasteiger charge is -2.36. The highest BCUT2D eigenvalue weighted by Gasteiger charge is 2.20. The number of aromatic amines is 1. The van der Waals surface area contributed by atoms with Gasteiger partial charge in [-0.25, -0.2) is 4.99 Å². The van der Waals surface area contributed by atoms with Gasteiger partial charge in [0.2, 0.25) is 0 Å². The Morgan fingerprint density at radius 1 is 1.33 bits per heavy atom. The summed E-state index contributed by atoms with van der Waals surface area (Å²) in [6.07, 6.45) is 3.37. The number of nitrogens with zero attached hydrogens (tertiary/aromatic N) is 5. The number of guanidine groups is 1. The highest BCUT2D eigenvalue weighted by atomic mass is 127. The molecule has 0 saturated carbocycles. The summed E-state index contributed by atoms with van der Waals surface area (Å²) in [5.74, 6) is 0.961. The molecular weight excluding hydrogens is 421 g/mol. The van der Waals surface area contributed by atoms with Gasteiger partial charge in [0.1, 0.15) is 6.26 Å². The lowest BCUT2D eigenvalue weighted by molar-refractivity contribution is 0.169. The first-order chi connectivity index (χ1) is 11.3. The molecule has 2 N–H and O–H groups in total. The normalized spacial score (nSPS) is 16.0. The van der Waals surface area contributed by atoms with Crippen LogP contribution in [0.2, 0.25) is 0 Å². The molecule has 132 valence electrons. The van der Waals surface area contributed by atoms with Gasteiger partial charge in [-0.15, -0.1) is 24.0 Å². The maximum atomic E-state index is 4.89. The standard InChI is InChI=1S/C15H23N7O.HI/c1-2-16-15(17-11-13-3-5-18-19-13)22-8-6-21(7-9-22)12-14-4-10-23-20-14;/h3-5,10H,2,6-9,11-12H2,1H3,(H,16,17)(H,18,19);1H. The Balaban J connectivity index is 0.00000208. The van der Waals surface area contributed by atoms with Gasteiger partial charge in [-0.2, -0.15) is 5.10 Å². The maximum absolute atomic E-state index is 4.89. The number of hydrogen-bond donors (Lipinski definition) is 2. The van der Waals surface area contributed by atoms with Gasteiger partial charge in [0.15, 0.2) is 5.96 Å². The van der Waals surface area contributed by atoms with Gasteiger partial charge in [0.05, 0.1) is 17.9 Å². The van der Waals surface area contributed by atoms with Crippen LogP contribution in [0.25, 0.3) is 0 Å². The van der Waals surface area contributed by atoms with Crippen molar-refractivity contribution in [1.29, 1.82) is 0 Å². The minimum atomic E-state index is 0. The first-order valence-electron chi connectivity index (χ1n) is 7.98. The average Bonchev–Trinajstić information content (AvgIpc) is 3.26. The minimum absolute atomic E-state index is 0. The molecule has 0 atom stereocenters. The number of rotatable bonds is 5. The Morgan fingerprint density at radius 2 is 2.17 bits per heavy atom. The smallest absolute Gasteiger partial charge is 0.194 e. The van der Waals surface area contributed by atoms with Crippen molar-refractivity contribution in [3.63, 3.8) is 0 Å². The SMILES string of the molecule is CCNC(=NCc1ccn[nH]1)N1CCN(Cc2ccon2)CC1.I. The Labute approximate surface area is 158 Å². The second kappa shape index (κ2) is 9.62. The molecule has 1 aliphatic heterocycles. The van der Waals surface area contributed by atoms with E-state index in [0.29, 0.717) is 6.54 Å². The number of halogens is 1. The van der Waals surface area contributed by atoms with Gasteiger partial charge in [-0.05, 0) is 13.0 Å². The van der Waals surface area contributed by atoms with Gasteiger partial charge in [-0.3, -0.25) is 10.00 Å². The number of hydrogen-bond acceptors (Lipinski definition) is 5. The van der Waals surface area contributed by atoms with Crippen LogP contribution in [0.4, 0.5) is 0 Å². The molecule has 2 aromatic rings. The van der Waals surface area contributed by atoms with Crippen molar-refractivity contribution in [2.24, 2.45) is 4.99 Å². The third kappa shape index (κ3) is 5.20. The van der Waals surface area contributed by atoms with Crippen molar-refractivity contribution in [1.82, 2.24) is 30.5 Å². The number of nitrogens with one attached hydrogen (secondary N) is 2. The van der Waals surface area contributed by atoms with Gasteiger partial charge >= 0.3 is 0 Å². The van der Waals surface area contributed by atoms with Crippen molar-refractivity contribution in [2.75, 3.05) is 32.7 Å². The molecule has 3 rings (SSSR count). The molecule has 2 aromatic heterocycles. The van der Waals surface area contributed by atoms with Crippen LogP contribution in [0.5, 0.6) is 0 Å². The molecule has 3 heterocycles. The molecule has 0 bridgehead atoms. The Hall–Kier alpha value is -1.62. The van der Waals surface area contributed by atoms with Gasteiger partial charge < -0.3 is 14.7 Å². The van der Waals surface area contributed by atoms with Crippen molar-refractivity contribution in [3.05, 3.63) is 36.0 Å². The second-order valence-electron chi connectivity index (χ2n) is 5.51. The van der Waals surface area contributed by atoms with Crippen LogP contribution in [0.15, 0.2) is 34.1 Å². The lowest BCUT2D eigenvalue weighted by Crippen LogP contribution is -2.52. The van der Waals surface area contributed by atoms with E-state index < -0.39 is 0 Å². The zero-order valence-corrected chi connectivity index (χ0v) is 16.1. The largest absolute Gasteiger partial charge is 0.364 e. The molecule has 0 aliphatic carbocycles. The summed E-state index contributed by atoms with van der Waals surface area (Å²) in [6, 6.07) is 3.87. The third-order valence-corrected chi connectivity index (χ3v) is 3.84. The highest BCUT2D eigenvalue weighted by Crippen LogP contribution is 2.08. The van der Waals surface area contributed by atoms with Gasteiger partial charge in [-0.1, -0.05) is 5.16 Å². The predicted octanol–water partition coefficient (Wildman–Crippen LogP) is 1.30. The summed E-state index contributed by atoms with van der Waals surface area (Å²) in [5.41, 5.74) is 2.00. The van der Waals surface area contributed by atoms with Crippen LogP contribution >= 0.6 is 24.0 Å². The molecule has 0 unspecified atom stereocenters. The Bertz CT molecular complexity index is 591. The molecule has 1 aliphatic rings. The highest BCUT2D eigenvalue weighted by molar-refractivity contribution is 14.0. The van der Waals surface area contributed by atoms with E-state index >= 15 is 0 Å². The Kier molecular flexibility index (Phi) is 7.50. The summed E-state index contributed by atoms with van der Waals surface area (Å²) in [4.78, 5) is 9.38. The van der Waals surface area contributed by atoms with Crippen molar-refractivity contribution in [2.45, 2.75) is 20.0 Å². The van der Waals surface area contributed by atoms with E-state index in [2.05, 4.69) is 37.4 Å². The van der Waals surface area contributed by atoms with Crippen LogP contribution in [-0.4, -0.2) is 63.8 Å². The Morgan fingerprint density at radius 3 is 2.79 bits per heavy atom. The van der Waals surface area contributed by atoms with Gasteiger partial charge in [0, 0.05) is 51.5 Å². The van der Waals surface area contributed by atoms with E-state index in [-0.39, 0.29) is 24.0 Å². The van der Waals surface area contributed by atoms with E-state index in [1.165, 1.54) is 0 Å². The average molecular weight is 445 g/mol. The molecule has 8 nitrogen and oxygen atoms in total. The second-order valence-corrected chi connectivity index (χ2v) is 5.51. The van der Waals surface area contributed by atoms with Crippen molar-refractivity contribution in [3.8, 4) is 0 Å². The van der Waals surface area contributed by atoms with E-state index in [4.69, 9.17) is 9.52 Å². The fourth-order valence-corrected chi connectivity index (χ4v) is 2.62. The first-order valence-corrected chi connectivity index (χ1v) is 7.98. The monoisotopic (exact) mass is 445 g/mol. The molecule has 1 saturated heterocycles. The van der Waals surface area contributed by atoms with E-state index in [0.717, 1.165) is 56.6 Å². The molecule has 0 aromatic carbocycles. The molecular formula is C15H24IN7O. The summed E-state index contributed by atoms with van der Waals surface area (Å²) in [6.45, 7) is 8.28. The summed E-state index contributed by atoms with van der Waals surface area (Å²) < 4.78 is 4.89. The number of piperazine rings is 1. The topological polar surface area (TPSA) is 85.6 Å². The van der Waals surface area contributed by atoms with E-state index in [1.54, 1.807) is 12.5 Å². The van der Waals surface area contributed by atoms with E-state index in [9.17, 15) is 0 Å². The third-order valence-electron chi connectivity index (χ3n) is 3.84. The molecule has 0 amide bonds. The zero-order chi connectivity index (χ0) is 15.9. The van der Waals surface area contributed by atoms with Gasteiger partial charge in [0.25, 0.3) is 0 Å². The van der Waals surface area contributed by atoms with Crippen molar-refractivity contribution < 1.29 is 4.52 Å². The van der Waals surface area contributed by atoms with Crippen LogP contribution in [0, 0.1) is 0 Å². The number of aliphatic imine (C=N–C) groups is 1. The zero-order valence-electron chi connectivity index (χ0n) is 13.8. The van der Waals surface area contributed by atoms with Crippen LogP contribution in [0.3, 0.4) is 0 Å². The quantitative estimate of drug-likeness (QED) is 0.410. The van der Waals surface area contributed by atoms with E-state index in [1.807, 2.05) is 12.1 Å². The predicted molar refractivity (Wildman–Crippen MR) is 102 cm³/mol. The fraction of sp³-hybridized carbons (Fsp3) is 0.533. The molecule has 1 fully saturated rings. The van der Waals surface area contributed by atoms with Crippen molar-refractivity contribution >= 4 is 29.9 Å². The maximum Gasteiger partial charge on any atom is 0.194 e. The molecule has 24 heavy (non-hydrogen) atoms. The number of aromatic nitrogens is 3. The summed E-state index contributed by atoms with van der Waals surface area (Å²) >= 11 is 0. The minimum Gasteiger partial charge on any atom is -0.364 e. The van der Waals surface area contributed by atoms with Crippen LogP contribution in [-0.2, 0) is 13.1 Å². The van der Waals surface area contributed by atoms with Crippen LogP contribution in [0.1, 0.15) is 18.3 Å². The fourth-order valence-electron chi connectivity index (χ4n) is 2.62. The lowest BCUT2D eigenvalue weighted by atomic mass is 10.3. The summed E-state index contributed by atoms with van der Waals surface area (Å²) in [7, 11) is 0.